The number of benzene rings is 1. The number of aliphatic hydroxyl groups excluding tert-OH is 2. The SMILES string of the molecule is Cc1cccc(Cc2coc(C(O)c3cncnc3N[C@@H]3CC(COS(=O)(=O)N=N)[C@@H](O)C3)c2)c1. The molecule has 1 saturated carbocycles. The smallest absolute Gasteiger partial charge is 0.398 e. The van der Waals surface area contributed by atoms with Crippen LogP contribution in [0.5, 0.6) is 0 Å². The third-order valence-electron chi connectivity index (χ3n) is 6.01. The number of anilines is 1. The van der Waals surface area contributed by atoms with Gasteiger partial charge in [0.05, 0.1) is 19.0 Å². The molecule has 4 rings (SSSR count). The standard InChI is InChI=1S/C23H27N5O6S/c1-14-3-2-4-15(5-14)6-16-7-21(33-11-16)22(30)19-10-25-13-26-23(19)27-18-8-17(20(29)9-18)12-34-35(31,32)28-24/h2-5,7,10-11,13,17-18,20,22,24,29-30H,6,8-9,12H2,1H3,(H,25,26,27)/t17?,18-,20+,22?/m1/s1. The fourth-order valence-electron chi connectivity index (χ4n) is 4.30. The molecule has 3 aromatic rings. The number of rotatable bonds is 10. The Morgan fingerprint density at radius 3 is 2.91 bits per heavy atom. The molecule has 0 aliphatic heterocycles. The first-order valence-electron chi connectivity index (χ1n) is 11.1. The van der Waals surface area contributed by atoms with Gasteiger partial charge in [0.2, 0.25) is 0 Å². The molecule has 0 bridgehead atoms. The summed E-state index contributed by atoms with van der Waals surface area (Å²) in [4.78, 5) is 8.28. The molecule has 0 amide bonds. The molecule has 0 spiro atoms. The van der Waals surface area contributed by atoms with Gasteiger partial charge in [-0.1, -0.05) is 29.8 Å². The summed E-state index contributed by atoms with van der Waals surface area (Å²) in [7, 11) is -4.28. The Kier molecular flexibility index (Phi) is 7.55. The van der Waals surface area contributed by atoms with E-state index in [2.05, 4.69) is 30.1 Å². The fourth-order valence-corrected chi connectivity index (χ4v) is 4.69. The molecule has 12 heteroatoms. The molecule has 0 radical (unpaired) electrons. The van der Waals surface area contributed by atoms with Crippen molar-refractivity contribution in [3.05, 3.63) is 77.1 Å². The molecule has 2 aromatic heterocycles. The maximum atomic E-state index is 11.3. The van der Waals surface area contributed by atoms with Crippen LogP contribution in [-0.4, -0.2) is 47.4 Å². The second kappa shape index (κ2) is 10.6. The van der Waals surface area contributed by atoms with Gasteiger partial charge >= 0.3 is 10.3 Å². The first kappa shape index (κ1) is 24.9. The van der Waals surface area contributed by atoms with Crippen LogP contribution in [0.25, 0.3) is 0 Å². The maximum Gasteiger partial charge on any atom is 0.398 e. The lowest BCUT2D eigenvalue weighted by molar-refractivity contribution is 0.101. The Balaban J connectivity index is 1.43. The number of aryl methyl sites for hydroxylation is 1. The maximum absolute atomic E-state index is 11.3. The van der Waals surface area contributed by atoms with Crippen LogP contribution in [0.4, 0.5) is 5.82 Å². The van der Waals surface area contributed by atoms with Crippen molar-refractivity contribution in [1.29, 1.82) is 5.53 Å². The number of furan rings is 1. The van der Waals surface area contributed by atoms with Gasteiger partial charge in [-0.2, -0.15) is 13.9 Å². The molecule has 0 saturated heterocycles. The van der Waals surface area contributed by atoms with Crippen LogP contribution >= 0.6 is 0 Å². The van der Waals surface area contributed by atoms with Crippen molar-refractivity contribution >= 4 is 16.1 Å². The summed E-state index contributed by atoms with van der Waals surface area (Å²) >= 11 is 0. The van der Waals surface area contributed by atoms with Gasteiger partial charge in [0.15, 0.2) is 0 Å². The second-order valence-corrected chi connectivity index (χ2v) is 9.97. The Morgan fingerprint density at radius 2 is 2.14 bits per heavy atom. The molecule has 4 N–H and O–H groups in total. The van der Waals surface area contributed by atoms with Crippen molar-refractivity contribution in [2.45, 2.75) is 44.4 Å². The molecule has 2 unspecified atom stereocenters. The lowest BCUT2D eigenvalue weighted by Crippen LogP contribution is -2.20. The zero-order chi connectivity index (χ0) is 25.0. The molecule has 186 valence electrons. The van der Waals surface area contributed by atoms with Gasteiger partial charge < -0.3 is 19.9 Å². The summed E-state index contributed by atoms with van der Waals surface area (Å²) in [6.45, 7) is 1.76. The topological polar surface area (TPSA) is 171 Å². The van der Waals surface area contributed by atoms with Crippen LogP contribution in [0, 0.1) is 18.4 Å². The lowest BCUT2D eigenvalue weighted by Gasteiger charge is -2.18. The number of hydrogen-bond acceptors (Lipinski definition) is 10. The van der Waals surface area contributed by atoms with E-state index in [4.69, 9.17) is 9.95 Å². The van der Waals surface area contributed by atoms with E-state index >= 15 is 0 Å². The van der Waals surface area contributed by atoms with E-state index in [1.54, 1.807) is 12.3 Å². The molecule has 1 aliphatic carbocycles. The zero-order valence-corrected chi connectivity index (χ0v) is 19.9. The number of aromatic nitrogens is 2. The van der Waals surface area contributed by atoms with Crippen molar-refractivity contribution in [1.82, 2.24) is 9.97 Å². The molecule has 11 nitrogen and oxygen atoms in total. The van der Waals surface area contributed by atoms with E-state index in [1.807, 2.05) is 25.1 Å². The monoisotopic (exact) mass is 501 g/mol. The van der Waals surface area contributed by atoms with Crippen LogP contribution in [0.3, 0.4) is 0 Å². The Morgan fingerprint density at radius 1 is 1.31 bits per heavy atom. The Bertz CT molecular complexity index is 1280. The molecule has 1 aliphatic rings. The first-order chi connectivity index (χ1) is 16.7. The fraction of sp³-hybridized carbons (Fsp3) is 0.391. The van der Waals surface area contributed by atoms with Crippen LogP contribution in [0.15, 0.2) is 58.1 Å². The van der Waals surface area contributed by atoms with Gasteiger partial charge in [0, 0.05) is 30.1 Å². The van der Waals surface area contributed by atoms with E-state index < -0.39 is 28.4 Å². The van der Waals surface area contributed by atoms with Crippen LogP contribution < -0.4 is 5.32 Å². The Labute approximate surface area is 203 Å². The van der Waals surface area contributed by atoms with Crippen LogP contribution in [-0.2, 0) is 20.9 Å². The highest BCUT2D eigenvalue weighted by Crippen LogP contribution is 2.33. The molecular formula is C23H27N5O6S. The van der Waals surface area contributed by atoms with E-state index in [1.165, 1.54) is 18.1 Å². The van der Waals surface area contributed by atoms with Gasteiger partial charge in [-0.25, -0.2) is 9.97 Å². The van der Waals surface area contributed by atoms with Gasteiger partial charge in [-0.15, -0.1) is 0 Å². The van der Waals surface area contributed by atoms with E-state index in [0.717, 1.165) is 11.1 Å². The molecule has 35 heavy (non-hydrogen) atoms. The average molecular weight is 502 g/mol. The predicted molar refractivity (Wildman–Crippen MR) is 125 cm³/mol. The summed E-state index contributed by atoms with van der Waals surface area (Å²) in [6.07, 6.45) is 3.93. The summed E-state index contributed by atoms with van der Waals surface area (Å²) in [5.41, 5.74) is 10.3. The minimum atomic E-state index is -4.28. The van der Waals surface area contributed by atoms with Gasteiger partial charge in [0.25, 0.3) is 0 Å². The summed E-state index contributed by atoms with van der Waals surface area (Å²) in [5.74, 6) is 0.276. The van der Waals surface area contributed by atoms with Crippen molar-refractivity contribution < 1.29 is 27.2 Å². The molecule has 4 atom stereocenters. The van der Waals surface area contributed by atoms with E-state index in [0.29, 0.717) is 36.4 Å². The highest BCUT2D eigenvalue weighted by molar-refractivity contribution is 7.85. The van der Waals surface area contributed by atoms with Gasteiger partial charge in [0.1, 0.15) is 24.0 Å². The largest absolute Gasteiger partial charge is 0.466 e. The highest BCUT2D eigenvalue weighted by atomic mass is 32.2. The van der Waals surface area contributed by atoms with Crippen molar-refractivity contribution in [3.8, 4) is 0 Å². The van der Waals surface area contributed by atoms with E-state index in [-0.39, 0.29) is 12.6 Å². The number of aliphatic hydroxyl groups is 2. The molecule has 1 fully saturated rings. The first-order valence-corrected chi connectivity index (χ1v) is 12.4. The Hall–Kier alpha value is -3.19. The minimum Gasteiger partial charge on any atom is -0.466 e. The van der Waals surface area contributed by atoms with Crippen molar-refractivity contribution in [3.63, 3.8) is 0 Å². The quantitative estimate of drug-likeness (QED) is 0.305. The minimum absolute atomic E-state index is 0.247. The molecule has 1 aromatic carbocycles. The van der Waals surface area contributed by atoms with Gasteiger partial charge in [-0.05, 0) is 41.5 Å². The number of nitrogens with one attached hydrogen (secondary N) is 2. The summed E-state index contributed by atoms with van der Waals surface area (Å²) < 4.78 is 35.3. The third-order valence-corrected chi connectivity index (χ3v) is 6.67. The lowest BCUT2D eigenvalue weighted by atomic mass is 10.0. The zero-order valence-electron chi connectivity index (χ0n) is 19.0. The number of nitrogens with zero attached hydrogens (tertiary/aromatic N) is 3. The molecule has 2 heterocycles. The predicted octanol–water partition coefficient (Wildman–Crippen LogP) is 2.89. The normalized spacial score (nSPS) is 21.1. The summed E-state index contributed by atoms with van der Waals surface area (Å²) in [5, 5.41) is 24.5. The third kappa shape index (κ3) is 6.28. The van der Waals surface area contributed by atoms with Crippen molar-refractivity contribution in [2.24, 2.45) is 10.4 Å². The molecular weight excluding hydrogens is 474 g/mol. The second-order valence-electron chi connectivity index (χ2n) is 8.70. The average Bonchev–Trinajstić information content (AvgIpc) is 3.44. The van der Waals surface area contributed by atoms with E-state index in [9.17, 15) is 18.6 Å². The van der Waals surface area contributed by atoms with Gasteiger partial charge in [-0.3, -0.25) is 4.18 Å². The van der Waals surface area contributed by atoms with Crippen molar-refractivity contribution in [2.75, 3.05) is 11.9 Å². The number of hydrogen-bond donors (Lipinski definition) is 4. The van der Waals surface area contributed by atoms with Crippen LogP contribution in [0.2, 0.25) is 0 Å². The summed E-state index contributed by atoms with van der Waals surface area (Å²) in [6, 6.07) is 9.72. The highest BCUT2D eigenvalue weighted by Gasteiger charge is 2.35. The van der Waals surface area contributed by atoms with Crippen LogP contribution in [0.1, 0.15) is 47.0 Å².